The highest BCUT2D eigenvalue weighted by Gasteiger charge is 2.09. The molecular weight excluding hydrogens is 122 g/mol. The fourth-order valence-electron chi connectivity index (χ4n) is 1.37. The van der Waals surface area contributed by atoms with Crippen LogP contribution < -0.4 is 5.32 Å². The van der Waals surface area contributed by atoms with Crippen LogP contribution >= 0.6 is 0 Å². The standard InChI is InChI=1S/C9H10N/c1-2-6-9-8(4-1)5-3-7-10-9/h2-3,6-7H,1,4-5H2. The topological polar surface area (TPSA) is 14.1 Å². The maximum absolute atomic E-state index is 4.26. The molecule has 0 bridgehead atoms. The molecule has 0 saturated carbocycles. The normalized spacial score (nSPS) is 22.4. The fourth-order valence-corrected chi connectivity index (χ4v) is 1.37. The maximum Gasteiger partial charge on any atom is 0.0621 e. The first-order valence-corrected chi connectivity index (χ1v) is 3.71. The molecule has 1 radical (unpaired) electrons. The van der Waals surface area contributed by atoms with E-state index in [-0.39, 0.29) is 0 Å². The van der Waals surface area contributed by atoms with Gasteiger partial charge in [0, 0.05) is 6.20 Å². The SMILES string of the molecule is C1=CC2=C(CC=C[N]2)CC1. The van der Waals surface area contributed by atoms with Gasteiger partial charge in [0.25, 0.3) is 0 Å². The number of nitrogens with zero attached hydrogens (tertiary/aromatic N) is 1. The van der Waals surface area contributed by atoms with Crippen molar-refractivity contribution in [3.63, 3.8) is 0 Å². The van der Waals surface area contributed by atoms with Crippen molar-refractivity contribution in [1.29, 1.82) is 0 Å². The molecule has 0 unspecified atom stereocenters. The summed E-state index contributed by atoms with van der Waals surface area (Å²) in [6.07, 6.45) is 11.9. The molecule has 0 atom stereocenters. The van der Waals surface area contributed by atoms with Gasteiger partial charge in [-0.3, -0.25) is 5.32 Å². The Balaban J connectivity index is 2.25. The van der Waals surface area contributed by atoms with Gasteiger partial charge >= 0.3 is 0 Å². The molecule has 0 aromatic carbocycles. The van der Waals surface area contributed by atoms with E-state index in [2.05, 4.69) is 23.5 Å². The molecule has 0 spiro atoms. The lowest BCUT2D eigenvalue weighted by Crippen LogP contribution is -2.05. The Morgan fingerprint density at radius 2 is 2.30 bits per heavy atom. The average Bonchev–Trinajstić information content (AvgIpc) is 2.05. The molecule has 51 valence electrons. The minimum absolute atomic E-state index is 1.11. The predicted molar refractivity (Wildman–Crippen MR) is 41.3 cm³/mol. The zero-order valence-electron chi connectivity index (χ0n) is 5.88. The van der Waals surface area contributed by atoms with Gasteiger partial charge in [0.15, 0.2) is 0 Å². The molecule has 0 N–H and O–H groups in total. The quantitative estimate of drug-likeness (QED) is 0.479. The molecule has 0 aromatic heterocycles. The summed E-state index contributed by atoms with van der Waals surface area (Å²) >= 11 is 0. The second kappa shape index (κ2) is 2.33. The molecule has 1 nitrogen and oxygen atoms in total. The zero-order chi connectivity index (χ0) is 6.81. The highest BCUT2D eigenvalue weighted by Crippen LogP contribution is 2.23. The number of rotatable bonds is 0. The van der Waals surface area contributed by atoms with Gasteiger partial charge in [0.2, 0.25) is 0 Å². The summed E-state index contributed by atoms with van der Waals surface area (Å²) in [7, 11) is 0. The molecule has 2 rings (SSSR count). The molecule has 1 heteroatoms. The van der Waals surface area contributed by atoms with Gasteiger partial charge in [-0.1, -0.05) is 12.2 Å². The molecule has 0 fully saturated rings. The van der Waals surface area contributed by atoms with Crippen molar-refractivity contribution in [2.24, 2.45) is 0 Å². The summed E-state index contributed by atoms with van der Waals surface area (Å²) in [5.74, 6) is 0. The summed E-state index contributed by atoms with van der Waals surface area (Å²) in [6.45, 7) is 0. The third-order valence-corrected chi connectivity index (χ3v) is 1.93. The monoisotopic (exact) mass is 132 g/mol. The van der Waals surface area contributed by atoms with Crippen molar-refractivity contribution in [1.82, 2.24) is 5.32 Å². The van der Waals surface area contributed by atoms with E-state index in [0.717, 1.165) is 6.42 Å². The lowest BCUT2D eigenvalue weighted by atomic mass is 9.98. The predicted octanol–water partition coefficient (Wildman–Crippen LogP) is 2.11. The van der Waals surface area contributed by atoms with Crippen molar-refractivity contribution >= 4 is 0 Å². The molecule has 0 aromatic rings. The van der Waals surface area contributed by atoms with Gasteiger partial charge in [-0.15, -0.1) is 0 Å². The van der Waals surface area contributed by atoms with Gasteiger partial charge in [0.05, 0.1) is 5.70 Å². The van der Waals surface area contributed by atoms with Crippen LogP contribution in [0.5, 0.6) is 0 Å². The Bertz CT molecular complexity index is 221. The summed E-state index contributed by atoms with van der Waals surface area (Å²) in [5.41, 5.74) is 2.71. The van der Waals surface area contributed by atoms with Crippen LogP contribution in [0.2, 0.25) is 0 Å². The highest BCUT2D eigenvalue weighted by atomic mass is 14.9. The van der Waals surface area contributed by atoms with E-state index in [1.54, 1.807) is 0 Å². The Morgan fingerprint density at radius 1 is 1.30 bits per heavy atom. The van der Waals surface area contributed by atoms with Crippen LogP contribution in [-0.2, 0) is 0 Å². The number of hydrogen-bond donors (Lipinski definition) is 0. The summed E-state index contributed by atoms with van der Waals surface area (Å²) < 4.78 is 0. The lowest BCUT2D eigenvalue weighted by Gasteiger charge is -2.15. The smallest absolute Gasteiger partial charge is 0.0621 e. The van der Waals surface area contributed by atoms with Gasteiger partial charge in [-0.2, -0.15) is 0 Å². The van der Waals surface area contributed by atoms with Crippen LogP contribution in [0.4, 0.5) is 0 Å². The largest absolute Gasteiger partial charge is 0.257 e. The van der Waals surface area contributed by atoms with Crippen LogP contribution in [0, 0.1) is 0 Å². The van der Waals surface area contributed by atoms with Crippen LogP contribution in [0.3, 0.4) is 0 Å². The van der Waals surface area contributed by atoms with E-state index in [4.69, 9.17) is 0 Å². The van der Waals surface area contributed by atoms with E-state index in [1.165, 1.54) is 24.1 Å². The molecule has 0 amide bonds. The van der Waals surface area contributed by atoms with E-state index in [9.17, 15) is 0 Å². The van der Waals surface area contributed by atoms with Crippen LogP contribution in [-0.4, -0.2) is 0 Å². The van der Waals surface area contributed by atoms with E-state index in [0.29, 0.717) is 0 Å². The fraction of sp³-hybridized carbons (Fsp3) is 0.333. The molecular formula is C9H10N. The van der Waals surface area contributed by atoms with Crippen LogP contribution in [0.25, 0.3) is 0 Å². The number of hydrogen-bond acceptors (Lipinski definition) is 0. The summed E-state index contributed by atoms with van der Waals surface area (Å²) in [6, 6.07) is 0. The lowest BCUT2D eigenvalue weighted by molar-refractivity contribution is 0.841. The van der Waals surface area contributed by atoms with E-state index >= 15 is 0 Å². The Labute approximate surface area is 61.1 Å². The van der Waals surface area contributed by atoms with Crippen molar-refractivity contribution in [3.8, 4) is 0 Å². The Morgan fingerprint density at radius 3 is 3.20 bits per heavy atom. The van der Waals surface area contributed by atoms with Gasteiger partial charge in [0.1, 0.15) is 0 Å². The second-order valence-electron chi connectivity index (χ2n) is 2.65. The highest BCUT2D eigenvalue weighted by molar-refractivity contribution is 5.32. The molecule has 1 aliphatic carbocycles. The van der Waals surface area contributed by atoms with Crippen molar-refractivity contribution in [3.05, 3.63) is 35.7 Å². The first-order valence-electron chi connectivity index (χ1n) is 3.71. The molecule has 10 heavy (non-hydrogen) atoms. The van der Waals surface area contributed by atoms with Crippen LogP contribution in [0.15, 0.2) is 35.7 Å². The number of allylic oxidation sites excluding steroid dienone is 4. The van der Waals surface area contributed by atoms with Crippen molar-refractivity contribution < 1.29 is 0 Å². The third-order valence-electron chi connectivity index (χ3n) is 1.93. The summed E-state index contributed by atoms with van der Waals surface area (Å²) in [5, 5.41) is 4.26. The minimum atomic E-state index is 1.11. The first kappa shape index (κ1) is 5.78. The zero-order valence-corrected chi connectivity index (χ0v) is 5.88. The average molecular weight is 132 g/mol. The van der Waals surface area contributed by atoms with E-state index in [1.807, 2.05) is 6.20 Å². The van der Waals surface area contributed by atoms with Crippen LogP contribution in [0.1, 0.15) is 19.3 Å². The Kier molecular flexibility index (Phi) is 1.35. The minimum Gasteiger partial charge on any atom is -0.257 e. The maximum atomic E-state index is 4.26. The molecule has 2 aliphatic rings. The van der Waals surface area contributed by atoms with Gasteiger partial charge in [-0.25, -0.2) is 0 Å². The molecule has 0 saturated heterocycles. The first-order chi connectivity index (χ1) is 4.97. The van der Waals surface area contributed by atoms with E-state index < -0.39 is 0 Å². The van der Waals surface area contributed by atoms with Crippen molar-refractivity contribution in [2.45, 2.75) is 19.3 Å². The van der Waals surface area contributed by atoms with Gasteiger partial charge in [-0.05, 0) is 30.9 Å². The third kappa shape index (κ3) is 0.878. The summed E-state index contributed by atoms with van der Waals surface area (Å²) in [4.78, 5) is 0. The van der Waals surface area contributed by atoms with Gasteiger partial charge < -0.3 is 0 Å². The molecule has 1 aliphatic heterocycles. The second-order valence-corrected chi connectivity index (χ2v) is 2.65. The van der Waals surface area contributed by atoms with Crippen molar-refractivity contribution in [2.75, 3.05) is 0 Å². The molecule has 1 heterocycles. The Hall–Kier alpha value is -0.980.